The highest BCUT2D eigenvalue weighted by Gasteiger charge is 2.01. The van der Waals surface area contributed by atoms with E-state index < -0.39 is 0 Å². The first-order valence-electron chi connectivity index (χ1n) is 3.97. The Labute approximate surface area is 76.8 Å². The van der Waals surface area contributed by atoms with Crippen LogP contribution in [-0.2, 0) is 12.8 Å². The second-order valence-electron chi connectivity index (χ2n) is 2.50. The SMILES string of the molecule is CCc1cc[c]c(Br)c1CC. The molecule has 0 N–H and O–H groups in total. The predicted molar refractivity (Wildman–Crippen MR) is 51.7 cm³/mol. The molecule has 0 bridgehead atoms. The highest BCUT2D eigenvalue weighted by Crippen LogP contribution is 2.20. The lowest BCUT2D eigenvalue weighted by Gasteiger charge is -2.06. The highest BCUT2D eigenvalue weighted by molar-refractivity contribution is 9.10. The van der Waals surface area contributed by atoms with Gasteiger partial charge in [0.25, 0.3) is 0 Å². The first-order valence-corrected chi connectivity index (χ1v) is 4.76. The summed E-state index contributed by atoms with van der Waals surface area (Å²) in [7, 11) is 0. The van der Waals surface area contributed by atoms with E-state index in [1.54, 1.807) is 0 Å². The third-order valence-electron chi connectivity index (χ3n) is 1.88. The maximum absolute atomic E-state index is 3.49. The van der Waals surface area contributed by atoms with E-state index in [1.807, 2.05) is 6.07 Å². The van der Waals surface area contributed by atoms with Crippen LogP contribution >= 0.6 is 15.9 Å². The minimum absolute atomic E-state index is 1.08. The first kappa shape index (κ1) is 8.79. The zero-order chi connectivity index (χ0) is 8.27. The molecule has 0 aliphatic heterocycles. The maximum atomic E-state index is 3.49. The van der Waals surface area contributed by atoms with Gasteiger partial charge in [0.2, 0.25) is 0 Å². The van der Waals surface area contributed by atoms with Crippen LogP contribution in [0.1, 0.15) is 25.0 Å². The van der Waals surface area contributed by atoms with Gasteiger partial charge in [-0.25, -0.2) is 0 Å². The Morgan fingerprint density at radius 1 is 1.36 bits per heavy atom. The molecule has 11 heavy (non-hydrogen) atoms. The molecule has 0 atom stereocenters. The van der Waals surface area contributed by atoms with Crippen LogP contribution < -0.4 is 0 Å². The standard InChI is InChI=1S/C10H12Br/c1-3-8-6-5-7-10(11)9(8)4-2/h5-6H,3-4H2,1-2H3. The lowest BCUT2D eigenvalue weighted by molar-refractivity contribution is 1.03. The number of rotatable bonds is 2. The molecule has 1 heteroatoms. The van der Waals surface area contributed by atoms with Crippen LogP contribution in [0.5, 0.6) is 0 Å². The monoisotopic (exact) mass is 211 g/mol. The van der Waals surface area contributed by atoms with E-state index in [0.717, 1.165) is 17.3 Å². The highest BCUT2D eigenvalue weighted by atomic mass is 79.9. The number of benzene rings is 1. The Balaban J connectivity index is 3.13. The summed E-state index contributed by atoms with van der Waals surface area (Å²) >= 11 is 3.49. The Kier molecular flexibility index (Phi) is 3.13. The second kappa shape index (κ2) is 3.91. The van der Waals surface area contributed by atoms with Gasteiger partial charge in [0.1, 0.15) is 0 Å². The maximum Gasteiger partial charge on any atom is 0.0288 e. The van der Waals surface area contributed by atoms with Crippen molar-refractivity contribution in [2.75, 3.05) is 0 Å². The zero-order valence-corrected chi connectivity index (χ0v) is 8.53. The molecule has 0 saturated heterocycles. The van der Waals surface area contributed by atoms with Gasteiger partial charge in [0.15, 0.2) is 0 Å². The van der Waals surface area contributed by atoms with Gasteiger partial charge in [-0.15, -0.1) is 0 Å². The normalized spacial score (nSPS) is 10.1. The van der Waals surface area contributed by atoms with E-state index in [0.29, 0.717) is 0 Å². The molecule has 0 saturated carbocycles. The molecule has 0 fully saturated rings. The van der Waals surface area contributed by atoms with Crippen molar-refractivity contribution in [3.8, 4) is 0 Å². The number of hydrogen-bond acceptors (Lipinski definition) is 0. The molecule has 0 amide bonds. The molecule has 0 heterocycles. The minimum Gasteiger partial charge on any atom is -0.0613 e. The summed E-state index contributed by atoms with van der Waals surface area (Å²) in [6.07, 6.45) is 2.19. The summed E-state index contributed by atoms with van der Waals surface area (Å²) in [4.78, 5) is 0. The van der Waals surface area contributed by atoms with E-state index >= 15 is 0 Å². The molecule has 1 rings (SSSR count). The number of aryl methyl sites for hydroxylation is 1. The van der Waals surface area contributed by atoms with Crippen molar-refractivity contribution in [1.82, 2.24) is 0 Å². The molecule has 0 spiro atoms. The van der Waals surface area contributed by atoms with Crippen molar-refractivity contribution in [1.29, 1.82) is 0 Å². The molecule has 1 aromatic rings. The van der Waals surface area contributed by atoms with E-state index in [9.17, 15) is 0 Å². The zero-order valence-electron chi connectivity index (χ0n) is 6.95. The van der Waals surface area contributed by atoms with E-state index in [1.165, 1.54) is 11.1 Å². The molecule has 0 nitrogen and oxygen atoms in total. The Bertz CT molecular complexity index is 241. The lowest BCUT2D eigenvalue weighted by atomic mass is 10.0. The third-order valence-corrected chi connectivity index (χ3v) is 2.59. The van der Waals surface area contributed by atoms with E-state index in [-0.39, 0.29) is 0 Å². The quantitative estimate of drug-likeness (QED) is 0.704. The molecule has 0 aliphatic rings. The van der Waals surface area contributed by atoms with E-state index in [4.69, 9.17) is 0 Å². The molecular weight excluding hydrogens is 200 g/mol. The fraction of sp³-hybridized carbons (Fsp3) is 0.400. The topological polar surface area (TPSA) is 0 Å². The summed E-state index contributed by atoms with van der Waals surface area (Å²) < 4.78 is 1.12. The van der Waals surface area contributed by atoms with Gasteiger partial charge in [-0.3, -0.25) is 0 Å². The Morgan fingerprint density at radius 3 is 2.55 bits per heavy atom. The lowest BCUT2D eigenvalue weighted by Crippen LogP contribution is -1.91. The summed E-state index contributed by atoms with van der Waals surface area (Å²) in [5.74, 6) is 0. The van der Waals surface area contributed by atoms with Crippen LogP contribution in [0.25, 0.3) is 0 Å². The van der Waals surface area contributed by atoms with E-state index in [2.05, 4.69) is 41.9 Å². The molecular formula is C10H12Br. The third kappa shape index (κ3) is 1.84. The average Bonchev–Trinajstić information content (AvgIpc) is 2.04. The molecule has 59 valence electrons. The Hall–Kier alpha value is -0.300. The van der Waals surface area contributed by atoms with Gasteiger partial charge in [0.05, 0.1) is 0 Å². The average molecular weight is 212 g/mol. The van der Waals surface area contributed by atoms with Gasteiger partial charge in [-0.1, -0.05) is 26.0 Å². The van der Waals surface area contributed by atoms with Crippen molar-refractivity contribution in [2.45, 2.75) is 26.7 Å². The second-order valence-corrected chi connectivity index (χ2v) is 3.30. The molecule has 1 aromatic carbocycles. The van der Waals surface area contributed by atoms with Crippen molar-refractivity contribution >= 4 is 15.9 Å². The predicted octanol–water partition coefficient (Wildman–Crippen LogP) is 3.37. The van der Waals surface area contributed by atoms with Crippen LogP contribution in [-0.4, -0.2) is 0 Å². The van der Waals surface area contributed by atoms with Crippen LogP contribution in [0.15, 0.2) is 16.6 Å². The van der Waals surface area contributed by atoms with Crippen molar-refractivity contribution in [3.63, 3.8) is 0 Å². The first-order chi connectivity index (χ1) is 5.29. The van der Waals surface area contributed by atoms with Gasteiger partial charge in [-0.2, -0.15) is 0 Å². The molecule has 1 radical (unpaired) electrons. The number of halogens is 1. The van der Waals surface area contributed by atoms with Gasteiger partial charge in [-0.05, 0) is 46.0 Å². The molecule has 0 aromatic heterocycles. The summed E-state index contributed by atoms with van der Waals surface area (Å²) in [6.45, 7) is 4.36. The molecule has 0 aliphatic carbocycles. The van der Waals surface area contributed by atoms with Crippen molar-refractivity contribution < 1.29 is 0 Å². The van der Waals surface area contributed by atoms with Crippen molar-refractivity contribution in [3.05, 3.63) is 33.8 Å². The fourth-order valence-electron chi connectivity index (χ4n) is 1.26. The minimum atomic E-state index is 1.08. The van der Waals surface area contributed by atoms with Crippen LogP contribution in [0.4, 0.5) is 0 Å². The van der Waals surface area contributed by atoms with Crippen LogP contribution in [0.3, 0.4) is 0 Å². The van der Waals surface area contributed by atoms with Gasteiger partial charge >= 0.3 is 0 Å². The summed E-state index contributed by atoms with van der Waals surface area (Å²) in [6, 6.07) is 7.26. The summed E-state index contributed by atoms with van der Waals surface area (Å²) in [5, 5.41) is 0. The van der Waals surface area contributed by atoms with Gasteiger partial charge < -0.3 is 0 Å². The Morgan fingerprint density at radius 2 is 2.09 bits per heavy atom. The van der Waals surface area contributed by atoms with Crippen LogP contribution in [0, 0.1) is 6.07 Å². The van der Waals surface area contributed by atoms with Crippen molar-refractivity contribution in [2.24, 2.45) is 0 Å². The smallest absolute Gasteiger partial charge is 0.0288 e. The molecule has 0 unspecified atom stereocenters. The largest absolute Gasteiger partial charge is 0.0613 e. The fourth-order valence-corrected chi connectivity index (χ4v) is 1.92. The van der Waals surface area contributed by atoms with Gasteiger partial charge in [0, 0.05) is 4.47 Å². The number of hydrogen-bond donors (Lipinski definition) is 0. The van der Waals surface area contributed by atoms with Crippen LogP contribution in [0.2, 0.25) is 0 Å². The summed E-state index contributed by atoms with van der Waals surface area (Å²) in [5.41, 5.74) is 2.83.